The average Bonchev–Trinajstić information content (AvgIpc) is 2.66. The van der Waals surface area contributed by atoms with Gasteiger partial charge in [0.2, 0.25) is 11.8 Å². The van der Waals surface area contributed by atoms with E-state index in [1.165, 1.54) is 0 Å². The van der Waals surface area contributed by atoms with Gasteiger partial charge >= 0.3 is 0 Å². The van der Waals surface area contributed by atoms with Crippen molar-refractivity contribution >= 4 is 28.9 Å². The Balaban J connectivity index is 1.86. The number of rotatable bonds is 9. The van der Waals surface area contributed by atoms with Crippen LogP contribution in [0.15, 0.2) is 48.5 Å². The maximum absolute atomic E-state index is 12.3. The molecule has 0 saturated heterocycles. The van der Waals surface area contributed by atoms with Crippen molar-refractivity contribution in [3.63, 3.8) is 0 Å². The SMILES string of the molecule is CC(C)CCOc1cccc(NC(=O)CNc2cccc(NC(=O)C(C)(C)C)c2)c1. The normalized spacial score (nSPS) is 11.1. The topological polar surface area (TPSA) is 79.5 Å². The van der Waals surface area contributed by atoms with E-state index in [2.05, 4.69) is 29.8 Å². The summed E-state index contributed by atoms with van der Waals surface area (Å²) in [6, 6.07) is 14.7. The van der Waals surface area contributed by atoms with E-state index in [9.17, 15) is 9.59 Å². The highest BCUT2D eigenvalue weighted by atomic mass is 16.5. The highest BCUT2D eigenvalue weighted by molar-refractivity contribution is 5.95. The molecule has 0 heterocycles. The average molecular weight is 412 g/mol. The quantitative estimate of drug-likeness (QED) is 0.533. The van der Waals surface area contributed by atoms with Gasteiger partial charge in [-0.2, -0.15) is 0 Å². The highest BCUT2D eigenvalue weighted by Gasteiger charge is 2.21. The lowest BCUT2D eigenvalue weighted by molar-refractivity contribution is -0.123. The smallest absolute Gasteiger partial charge is 0.243 e. The Morgan fingerprint density at radius 2 is 1.57 bits per heavy atom. The van der Waals surface area contributed by atoms with Gasteiger partial charge in [-0.25, -0.2) is 0 Å². The summed E-state index contributed by atoms with van der Waals surface area (Å²) in [4.78, 5) is 24.4. The zero-order valence-electron chi connectivity index (χ0n) is 18.5. The first kappa shape index (κ1) is 23.3. The monoisotopic (exact) mass is 411 g/mol. The Morgan fingerprint density at radius 3 is 2.23 bits per heavy atom. The van der Waals surface area contributed by atoms with Crippen molar-refractivity contribution in [3.05, 3.63) is 48.5 Å². The largest absolute Gasteiger partial charge is 0.494 e. The Labute approximate surface area is 179 Å². The van der Waals surface area contributed by atoms with Gasteiger partial charge in [-0.1, -0.05) is 46.8 Å². The maximum Gasteiger partial charge on any atom is 0.243 e. The summed E-state index contributed by atoms with van der Waals surface area (Å²) in [7, 11) is 0. The summed E-state index contributed by atoms with van der Waals surface area (Å²) in [6.07, 6.45) is 0.982. The molecule has 2 aromatic rings. The van der Waals surface area contributed by atoms with E-state index in [1.807, 2.05) is 63.2 Å². The minimum atomic E-state index is -0.476. The van der Waals surface area contributed by atoms with Crippen LogP contribution >= 0.6 is 0 Å². The van der Waals surface area contributed by atoms with Crippen molar-refractivity contribution < 1.29 is 14.3 Å². The lowest BCUT2D eigenvalue weighted by Gasteiger charge is -2.18. The van der Waals surface area contributed by atoms with Gasteiger partial charge in [0.25, 0.3) is 0 Å². The molecule has 0 aliphatic heterocycles. The van der Waals surface area contributed by atoms with Gasteiger partial charge in [0.1, 0.15) is 5.75 Å². The summed E-state index contributed by atoms with van der Waals surface area (Å²) in [6.45, 7) is 10.6. The number of amides is 2. The van der Waals surface area contributed by atoms with Gasteiger partial charge in [0, 0.05) is 28.5 Å². The fourth-order valence-corrected chi connectivity index (χ4v) is 2.49. The Hall–Kier alpha value is -3.02. The molecule has 2 amide bonds. The fourth-order valence-electron chi connectivity index (χ4n) is 2.49. The molecule has 0 radical (unpaired) electrons. The van der Waals surface area contributed by atoms with E-state index in [0.717, 1.165) is 17.9 Å². The molecule has 0 aromatic heterocycles. The van der Waals surface area contributed by atoms with Crippen LogP contribution in [-0.4, -0.2) is 25.0 Å². The Morgan fingerprint density at radius 1 is 0.933 bits per heavy atom. The second-order valence-electron chi connectivity index (χ2n) is 8.75. The van der Waals surface area contributed by atoms with Gasteiger partial charge in [0.05, 0.1) is 13.2 Å². The third-order valence-corrected chi connectivity index (χ3v) is 4.34. The highest BCUT2D eigenvalue weighted by Crippen LogP contribution is 2.20. The Bertz CT molecular complexity index is 857. The first-order chi connectivity index (χ1) is 14.1. The second kappa shape index (κ2) is 10.7. The zero-order chi connectivity index (χ0) is 22.1. The van der Waals surface area contributed by atoms with E-state index < -0.39 is 5.41 Å². The van der Waals surface area contributed by atoms with E-state index in [4.69, 9.17) is 4.74 Å². The van der Waals surface area contributed by atoms with Gasteiger partial charge in [-0.05, 0) is 42.7 Å². The molecule has 162 valence electrons. The van der Waals surface area contributed by atoms with Crippen molar-refractivity contribution in [1.29, 1.82) is 0 Å². The minimum absolute atomic E-state index is 0.0621. The molecule has 6 nitrogen and oxygen atoms in total. The summed E-state index contributed by atoms with van der Waals surface area (Å²) < 4.78 is 5.74. The molecule has 2 rings (SSSR count). The van der Waals surface area contributed by atoms with Gasteiger partial charge in [-0.3, -0.25) is 9.59 Å². The van der Waals surface area contributed by atoms with Crippen LogP contribution in [0, 0.1) is 11.3 Å². The van der Waals surface area contributed by atoms with Crippen molar-refractivity contribution in [2.45, 2.75) is 41.0 Å². The van der Waals surface area contributed by atoms with E-state index in [1.54, 1.807) is 6.07 Å². The molecular formula is C24H33N3O3. The third kappa shape index (κ3) is 8.15. The lowest BCUT2D eigenvalue weighted by atomic mass is 9.95. The number of hydrogen-bond donors (Lipinski definition) is 3. The first-order valence-corrected chi connectivity index (χ1v) is 10.3. The summed E-state index contributed by atoms with van der Waals surface area (Å²) in [5.74, 6) is 1.09. The molecule has 30 heavy (non-hydrogen) atoms. The number of carbonyl (C=O) groups excluding carboxylic acids is 2. The molecule has 0 saturated carbocycles. The molecule has 2 aromatic carbocycles. The number of hydrogen-bond acceptors (Lipinski definition) is 4. The summed E-state index contributed by atoms with van der Waals surface area (Å²) >= 11 is 0. The third-order valence-electron chi connectivity index (χ3n) is 4.34. The van der Waals surface area contributed by atoms with E-state index in [0.29, 0.717) is 23.9 Å². The van der Waals surface area contributed by atoms with Crippen LogP contribution in [0.1, 0.15) is 41.0 Å². The Kier molecular flexibility index (Phi) is 8.27. The van der Waals surface area contributed by atoms with Crippen molar-refractivity contribution in [2.24, 2.45) is 11.3 Å². The molecular weight excluding hydrogens is 378 g/mol. The number of nitrogens with one attached hydrogen (secondary N) is 3. The van der Waals surface area contributed by atoms with Crippen LogP contribution in [-0.2, 0) is 9.59 Å². The van der Waals surface area contributed by atoms with Crippen molar-refractivity contribution in [3.8, 4) is 5.75 Å². The van der Waals surface area contributed by atoms with Gasteiger partial charge in [0.15, 0.2) is 0 Å². The molecule has 0 bridgehead atoms. The molecule has 0 aliphatic carbocycles. The predicted molar refractivity (Wildman–Crippen MR) is 123 cm³/mol. The van der Waals surface area contributed by atoms with Crippen molar-refractivity contribution in [1.82, 2.24) is 0 Å². The van der Waals surface area contributed by atoms with Crippen LogP contribution in [0.2, 0.25) is 0 Å². The van der Waals surface area contributed by atoms with Gasteiger partial charge < -0.3 is 20.7 Å². The predicted octanol–water partition coefficient (Wildman–Crippen LogP) is 5.15. The molecule has 0 aliphatic rings. The number of ether oxygens (including phenoxy) is 1. The van der Waals surface area contributed by atoms with Crippen LogP contribution in [0.4, 0.5) is 17.1 Å². The molecule has 6 heteroatoms. The van der Waals surface area contributed by atoms with Crippen LogP contribution in [0.3, 0.4) is 0 Å². The van der Waals surface area contributed by atoms with Gasteiger partial charge in [-0.15, -0.1) is 0 Å². The zero-order valence-corrected chi connectivity index (χ0v) is 18.5. The molecule has 3 N–H and O–H groups in total. The fraction of sp³-hybridized carbons (Fsp3) is 0.417. The number of carbonyl (C=O) groups is 2. The number of benzene rings is 2. The molecule has 0 fully saturated rings. The summed E-state index contributed by atoms with van der Waals surface area (Å²) in [5, 5.41) is 8.84. The maximum atomic E-state index is 12.3. The standard InChI is InChI=1S/C24H33N3O3/c1-17(2)12-13-30-21-11-7-10-20(15-21)26-22(28)16-25-18-8-6-9-19(14-18)27-23(29)24(3,4)5/h6-11,14-15,17,25H,12-13,16H2,1-5H3,(H,26,28)(H,27,29). The molecule has 0 spiro atoms. The first-order valence-electron chi connectivity index (χ1n) is 10.3. The van der Waals surface area contributed by atoms with Crippen LogP contribution in [0.5, 0.6) is 5.75 Å². The van der Waals surface area contributed by atoms with Crippen LogP contribution in [0.25, 0.3) is 0 Å². The van der Waals surface area contributed by atoms with E-state index >= 15 is 0 Å². The molecule has 0 atom stereocenters. The van der Waals surface area contributed by atoms with E-state index in [-0.39, 0.29) is 18.4 Å². The minimum Gasteiger partial charge on any atom is -0.494 e. The number of anilines is 3. The van der Waals surface area contributed by atoms with Crippen LogP contribution < -0.4 is 20.7 Å². The second-order valence-corrected chi connectivity index (χ2v) is 8.75. The molecule has 0 unspecified atom stereocenters. The lowest BCUT2D eigenvalue weighted by Crippen LogP contribution is -2.27. The summed E-state index contributed by atoms with van der Waals surface area (Å²) in [5.41, 5.74) is 1.65. The van der Waals surface area contributed by atoms with Crippen molar-refractivity contribution in [2.75, 3.05) is 29.1 Å².